The van der Waals surface area contributed by atoms with Crippen LogP contribution in [-0.4, -0.2) is 16.5 Å². The van der Waals surface area contributed by atoms with Crippen molar-refractivity contribution in [3.05, 3.63) is 52.4 Å². The lowest BCUT2D eigenvalue weighted by Gasteiger charge is -2.07. The summed E-state index contributed by atoms with van der Waals surface area (Å²) in [6.07, 6.45) is 2.34. The molecule has 0 fully saturated rings. The Morgan fingerprint density at radius 3 is 2.90 bits per heavy atom. The SMILES string of the molecule is Cc1sc2ncnc(NCCc3cccc(F)c3)c2c1C. The minimum Gasteiger partial charge on any atom is -0.369 e. The van der Waals surface area contributed by atoms with Crippen LogP contribution in [0.4, 0.5) is 10.2 Å². The summed E-state index contributed by atoms with van der Waals surface area (Å²) in [5, 5.41) is 4.44. The number of rotatable bonds is 4. The highest BCUT2D eigenvalue weighted by atomic mass is 32.1. The normalized spacial score (nSPS) is 11.0. The number of halogens is 1. The lowest BCUT2D eigenvalue weighted by molar-refractivity contribution is 0.625. The molecule has 0 aliphatic rings. The van der Waals surface area contributed by atoms with Crippen molar-refractivity contribution in [3.63, 3.8) is 0 Å². The third-order valence-corrected chi connectivity index (χ3v) is 4.68. The smallest absolute Gasteiger partial charge is 0.138 e. The third kappa shape index (κ3) is 2.88. The number of benzene rings is 1. The van der Waals surface area contributed by atoms with Crippen molar-refractivity contribution in [1.82, 2.24) is 9.97 Å². The van der Waals surface area contributed by atoms with Crippen molar-refractivity contribution in [2.75, 3.05) is 11.9 Å². The van der Waals surface area contributed by atoms with Crippen molar-refractivity contribution < 1.29 is 4.39 Å². The summed E-state index contributed by atoms with van der Waals surface area (Å²) in [4.78, 5) is 10.9. The van der Waals surface area contributed by atoms with Crippen molar-refractivity contribution in [3.8, 4) is 0 Å². The van der Waals surface area contributed by atoms with Crippen LogP contribution < -0.4 is 5.32 Å². The first-order valence-electron chi connectivity index (χ1n) is 6.84. The summed E-state index contributed by atoms with van der Waals surface area (Å²) < 4.78 is 13.1. The molecule has 0 bridgehead atoms. The largest absolute Gasteiger partial charge is 0.369 e. The van der Waals surface area contributed by atoms with E-state index in [0.29, 0.717) is 6.54 Å². The Hall–Kier alpha value is -2.01. The third-order valence-electron chi connectivity index (χ3n) is 3.56. The molecule has 21 heavy (non-hydrogen) atoms. The van der Waals surface area contributed by atoms with Crippen LogP contribution in [-0.2, 0) is 6.42 Å². The van der Waals surface area contributed by atoms with Crippen LogP contribution in [0.1, 0.15) is 16.0 Å². The number of thiophene rings is 1. The molecule has 3 nitrogen and oxygen atoms in total. The molecule has 0 aliphatic carbocycles. The molecular weight excluding hydrogens is 285 g/mol. The summed E-state index contributed by atoms with van der Waals surface area (Å²) in [6.45, 7) is 4.90. The molecule has 108 valence electrons. The molecule has 0 saturated heterocycles. The van der Waals surface area contributed by atoms with E-state index in [1.807, 2.05) is 6.07 Å². The van der Waals surface area contributed by atoms with Crippen molar-refractivity contribution in [1.29, 1.82) is 0 Å². The minimum atomic E-state index is -0.193. The molecule has 1 N–H and O–H groups in total. The molecule has 0 unspecified atom stereocenters. The first-order valence-corrected chi connectivity index (χ1v) is 7.66. The second kappa shape index (κ2) is 5.77. The molecule has 3 rings (SSSR count). The van der Waals surface area contributed by atoms with Gasteiger partial charge in [-0.2, -0.15) is 0 Å². The molecule has 0 aliphatic heterocycles. The zero-order valence-electron chi connectivity index (χ0n) is 12.0. The topological polar surface area (TPSA) is 37.8 Å². The van der Waals surface area contributed by atoms with Crippen LogP contribution in [0.15, 0.2) is 30.6 Å². The van der Waals surface area contributed by atoms with E-state index in [9.17, 15) is 4.39 Å². The van der Waals surface area contributed by atoms with E-state index in [1.54, 1.807) is 29.8 Å². The van der Waals surface area contributed by atoms with Crippen molar-refractivity contribution in [2.24, 2.45) is 0 Å². The lowest BCUT2D eigenvalue weighted by atomic mass is 10.1. The van der Waals surface area contributed by atoms with Gasteiger partial charge >= 0.3 is 0 Å². The molecule has 3 aromatic rings. The first-order chi connectivity index (χ1) is 10.1. The summed E-state index contributed by atoms with van der Waals surface area (Å²) in [5.41, 5.74) is 2.20. The molecule has 2 aromatic heterocycles. The number of aryl methyl sites for hydroxylation is 2. The van der Waals surface area contributed by atoms with Crippen LogP contribution >= 0.6 is 11.3 Å². The Balaban J connectivity index is 1.76. The van der Waals surface area contributed by atoms with Crippen LogP contribution in [0.5, 0.6) is 0 Å². The Kier molecular flexibility index (Phi) is 3.84. The second-order valence-corrected chi connectivity index (χ2v) is 6.20. The number of aromatic nitrogens is 2. The Bertz CT molecular complexity index is 782. The average molecular weight is 301 g/mol. The average Bonchev–Trinajstić information content (AvgIpc) is 2.75. The van der Waals surface area contributed by atoms with Gasteiger partial charge in [-0.3, -0.25) is 0 Å². The van der Waals surface area contributed by atoms with Gasteiger partial charge in [0, 0.05) is 11.4 Å². The molecule has 5 heteroatoms. The highest BCUT2D eigenvalue weighted by Gasteiger charge is 2.11. The van der Waals surface area contributed by atoms with E-state index in [1.165, 1.54) is 16.5 Å². The molecule has 0 atom stereocenters. The number of fused-ring (bicyclic) bond motifs is 1. The summed E-state index contributed by atoms with van der Waals surface area (Å²) >= 11 is 1.68. The van der Waals surface area contributed by atoms with Gasteiger partial charge in [0.15, 0.2) is 0 Å². The monoisotopic (exact) mass is 301 g/mol. The highest BCUT2D eigenvalue weighted by molar-refractivity contribution is 7.18. The van der Waals surface area contributed by atoms with Gasteiger partial charge < -0.3 is 5.32 Å². The van der Waals surface area contributed by atoms with Crippen LogP contribution in [0.2, 0.25) is 0 Å². The predicted molar refractivity (Wildman–Crippen MR) is 85.5 cm³/mol. The molecule has 0 spiro atoms. The maximum absolute atomic E-state index is 13.1. The highest BCUT2D eigenvalue weighted by Crippen LogP contribution is 2.32. The van der Waals surface area contributed by atoms with Crippen LogP contribution in [0, 0.1) is 19.7 Å². The number of hydrogen-bond donors (Lipinski definition) is 1. The predicted octanol–water partition coefficient (Wildman–Crippen LogP) is 4.10. The number of anilines is 1. The van der Waals surface area contributed by atoms with Crippen molar-refractivity contribution >= 4 is 27.4 Å². The minimum absolute atomic E-state index is 0.193. The van der Waals surface area contributed by atoms with Gasteiger partial charge in [-0.25, -0.2) is 14.4 Å². The Morgan fingerprint density at radius 1 is 1.24 bits per heavy atom. The first kappa shape index (κ1) is 13.9. The van der Waals surface area contributed by atoms with E-state index in [-0.39, 0.29) is 5.82 Å². The Labute approximate surface area is 126 Å². The van der Waals surface area contributed by atoms with Gasteiger partial charge in [-0.1, -0.05) is 12.1 Å². The van der Waals surface area contributed by atoms with E-state index in [4.69, 9.17) is 0 Å². The fourth-order valence-electron chi connectivity index (χ4n) is 2.33. The number of nitrogens with zero attached hydrogens (tertiary/aromatic N) is 2. The van der Waals surface area contributed by atoms with E-state index < -0.39 is 0 Å². The van der Waals surface area contributed by atoms with E-state index in [2.05, 4.69) is 29.1 Å². The van der Waals surface area contributed by atoms with Gasteiger partial charge in [-0.05, 0) is 43.5 Å². The zero-order valence-corrected chi connectivity index (χ0v) is 12.8. The van der Waals surface area contributed by atoms with Gasteiger partial charge in [0.25, 0.3) is 0 Å². The molecule has 0 amide bonds. The van der Waals surface area contributed by atoms with E-state index in [0.717, 1.165) is 28.0 Å². The molecule has 2 heterocycles. The lowest BCUT2D eigenvalue weighted by Crippen LogP contribution is -2.07. The van der Waals surface area contributed by atoms with E-state index >= 15 is 0 Å². The van der Waals surface area contributed by atoms with Gasteiger partial charge in [0.1, 0.15) is 22.8 Å². The summed E-state index contributed by atoms with van der Waals surface area (Å²) in [6, 6.07) is 6.69. The maximum Gasteiger partial charge on any atom is 0.138 e. The summed E-state index contributed by atoms with van der Waals surface area (Å²) in [5.74, 6) is 0.666. The fraction of sp³-hybridized carbons (Fsp3) is 0.250. The molecule has 0 saturated carbocycles. The summed E-state index contributed by atoms with van der Waals surface area (Å²) in [7, 11) is 0. The number of hydrogen-bond acceptors (Lipinski definition) is 4. The van der Waals surface area contributed by atoms with Crippen molar-refractivity contribution in [2.45, 2.75) is 20.3 Å². The quantitative estimate of drug-likeness (QED) is 0.788. The van der Waals surface area contributed by atoms with Gasteiger partial charge in [0.2, 0.25) is 0 Å². The fourth-order valence-corrected chi connectivity index (χ4v) is 3.33. The maximum atomic E-state index is 13.1. The molecular formula is C16H16FN3S. The van der Waals surface area contributed by atoms with Gasteiger partial charge in [0.05, 0.1) is 5.39 Å². The zero-order chi connectivity index (χ0) is 14.8. The standard InChI is InChI=1S/C16H16FN3S/c1-10-11(2)21-16-14(10)15(19-9-20-16)18-7-6-12-4-3-5-13(17)8-12/h3-5,8-9H,6-7H2,1-2H3,(H,18,19,20). The van der Waals surface area contributed by atoms with Crippen LogP contribution in [0.3, 0.4) is 0 Å². The van der Waals surface area contributed by atoms with Crippen LogP contribution in [0.25, 0.3) is 10.2 Å². The Morgan fingerprint density at radius 2 is 2.10 bits per heavy atom. The van der Waals surface area contributed by atoms with Gasteiger partial charge in [-0.15, -0.1) is 11.3 Å². The molecule has 0 radical (unpaired) electrons. The number of nitrogens with one attached hydrogen (secondary N) is 1. The second-order valence-electron chi connectivity index (χ2n) is 4.99. The molecule has 1 aromatic carbocycles.